The van der Waals surface area contributed by atoms with E-state index in [-0.39, 0.29) is 11.9 Å². The van der Waals surface area contributed by atoms with E-state index in [0.29, 0.717) is 25.2 Å². The van der Waals surface area contributed by atoms with Crippen LogP contribution in [0.2, 0.25) is 0 Å². The zero-order valence-electron chi connectivity index (χ0n) is 14.2. The van der Waals surface area contributed by atoms with Crippen LogP contribution in [0.4, 0.5) is 14.5 Å². The number of halogens is 2. The first kappa shape index (κ1) is 17.4. The Kier molecular flexibility index (Phi) is 5.31. The number of aromatic nitrogens is 2. The van der Waals surface area contributed by atoms with Gasteiger partial charge in [0.25, 0.3) is 0 Å². The summed E-state index contributed by atoms with van der Waals surface area (Å²) in [5, 5.41) is 7.38. The van der Waals surface area contributed by atoms with Gasteiger partial charge in [-0.25, -0.2) is 8.78 Å². The first-order valence-corrected chi connectivity index (χ1v) is 8.50. The number of nitrogens with zero attached hydrogens (tertiary/aromatic N) is 3. The maximum Gasteiger partial charge on any atom is 0.224 e. The van der Waals surface area contributed by atoms with Crippen LogP contribution in [0.15, 0.2) is 30.5 Å². The molecule has 1 fully saturated rings. The van der Waals surface area contributed by atoms with Gasteiger partial charge in [0.15, 0.2) is 11.6 Å². The highest BCUT2D eigenvalue weighted by Gasteiger charge is 2.23. The van der Waals surface area contributed by atoms with E-state index in [1.165, 1.54) is 6.07 Å². The predicted octanol–water partition coefficient (Wildman–Crippen LogP) is 2.96. The molecule has 3 rings (SSSR count). The van der Waals surface area contributed by atoms with Crippen molar-refractivity contribution < 1.29 is 13.6 Å². The van der Waals surface area contributed by atoms with Gasteiger partial charge in [-0.15, -0.1) is 0 Å². The fraction of sp³-hybridized carbons (Fsp3) is 0.444. The van der Waals surface area contributed by atoms with Gasteiger partial charge in [0.1, 0.15) is 0 Å². The number of benzene rings is 1. The largest absolute Gasteiger partial charge is 0.380 e. The van der Waals surface area contributed by atoms with Crippen molar-refractivity contribution in [2.24, 2.45) is 0 Å². The summed E-state index contributed by atoms with van der Waals surface area (Å²) in [6.45, 7) is 3.82. The van der Waals surface area contributed by atoms with Crippen molar-refractivity contribution in [1.29, 1.82) is 0 Å². The van der Waals surface area contributed by atoms with Crippen molar-refractivity contribution in [2.75, 3.05) is 18.4 Å². The Morgan fingerprint density at radius 2 is 2.16 bits per heavy atom. The van der Waals surface area contributed by atoms with Gasteiger partial charge in [-0.05, 0) is 38.0 Å². The molecule has 0 unspecified atom stereocenters. The second-order valence-electron chi connectivity index (χ2n) is 6.40. The average Bonchev–Trinajstić information content (AvgIpc) is 3.01. The molecular weight excluding hydrogens is 326 g/mol. The number of carbonyl (C=O) groups is 1. The first-order chi connectivity index (χ1) is 12.0. The maximum absolute atomic E-state index is 13.3. The van der Waals surface area contributed by atoms with Crippen molar-refractivity contribution in [3.63, 3.8) is 0 Å². The summed E-state index contributed by atoms with van der Waals surface area (Å²) in [4.78, 5) is 14.3. The quantitative estimate of drug-likeness (QED) is 0.904. The van der Waals surface area contributed by atoms with E-state index >= 15 is 0 Å². The Morgan fingerprint density at radius 3 is 2.88 bits per heavy atom. The molecule has 0 bridgehead atoms. The highest BCUT2D eigenvalue weighted by Crippen LogP contribution is 2.19. The summed E-state index contributed by atoms with van der Waals surface area (Å²) in [7, 11) is 0. The Bertz CT molecular complexity index is 746. The van der Waals surface area contributed by atoms with Crippen molar-refractivity contribution in [3.05, 3.63) is 47.8 Å². The SMILES string of the molecule is Cc1ccnn1CCC(=O)N1CCC[C@H](Nc2ccc(F)c(F)c2)C1. The van der Waals surface area contributed by atoms with Crippen molar-refractivity contribution in [3.8, 4) is 0 Å². The van der Waals surface area contributed by atoms with Crippen LogP contribution in [0, 0.1) is 18.6 Å². The molecular formula is C18H22F2N4O. The number of hydrogen-bond acceptors (Lipinski definition) is 3. The topological polar surface area (TPSA) is 50.2 Å². The normalized spacial score (nSPS) is 17.6. The van der Waals surface area contributed by atoms with Gasteiger partial charge in [0, 0.05) is 55.7 Å². The Balaban J connectivity index is 1.54. The molecule has 1 saturated heterocycles. The van der Waals surface area contributed by atoms with E-state index in [0.717, 1.165) is 37.2 Å². The van der Waals surface area contributed by atoms with Crippen LogP contribution >= 0.6 is 0 Å². The molecule has 2 heterocycles. The van der Waals surface area contributed by atoms with Crippen LogP contribution in [0.1, 0.15) is 25.0 Å². The van der Waals surface area contributed by atoms with E-state index in [4.69, 9.17) is 0 Å². The van der Waals surface area contributed by atoms with Crippen LogP contribution in [0.25, 0.3) is 0 Å². The average molecular weight is 348 g/mol. The lowest BCUT2D eigenvalue weighted by molar-refractivity contribution is -0.132. The number of aryl methyl sites for hydroxylation is 2. The number of hydrogen-bond donors (Lipinski definition) is 1. The zero-order valence-corrected chi connectivity index (χ0v) is 14.2. The molecule has 134 valence electrons. The molecule has 5 nitrogen and oxygen atoms in total. The van der Waals surface area contributed by atoms with Gasteiger partial charge < -0.3 is 10.2 Å². The Morgan fingerprint density at radius 1 is 1.32 bits per heavy atom. The molecule has 25 heavy (non-hydrogen) atoms. The van der Waals surface area contributed by atoms with E-state index in [9.17, 15) is 13.6 Å². The Labute approximate surface area is 145 Å². The molecule has 1 aliphatic heterocycles. The van der Waals surface area contributed by atoms with E-state index in [1.807, 2.05) is 22.6 Å². The molecule has 0 aliphatic carbocycles. The molecule has 1 N–H and O–H groups in total. The van der Waals surface area contributed by atoms with Crippen LogP contribution in [-0.2, 0) is 11.3 Å². The highest BCUT2D eigenvalue weighted by atomic mass is 19.2. The summed E-state index contributed by atoms with van der Waals surface area (Å²) in [5.74, 6) is -1.64. The van der Waals surface area contributed by atoms with Gasteiger partial charge in [-0.3, -0.25) is 9.48 Å². The van der Waals surface area contributed by atoms with Gasteiger partial charge in [0.05, 0.1) is 0 Å². The van der Waals surface area contributed by atoms with Gasteiger partial charge >= 0.3 is 0 Å². The first-order valence-electron chi connectivity index (χ1n) is 8.50. The summed E-state index contributed by atoms with van der Waals surface area (Å²) in [6.07, 6.45) is 3.90. The third kappa shape index (κ3) is 4.35. The standard InChI is InChI=1S/C18H22F2N4O/c1-13-6-8-21-24(13)10-7-18(25)23-9-2-3-15(12-23)22-14-4-5-16(19)17(20)11-14/h4-6,8,11,15,22H,2-3,7,9-10,12H2,1H3/t15-/m0/s1. The summed E-state index contributed by atoms with van der Waals surface area (Å²) >= 11 is 0. The lowest BCUT2D eigenvalue weighted by Crippen LogP contribution is -2.45. The molecule has 2 aromatic rings. The minimum Gasteiger partial charge on any atom is -0.380 e. The number of carbonyl (C=O) groups excluding carboxylic acids is 1. The number of piperidine rings is 1. The minimum atomic E-state index is -0.872. The van der Waals surface area contributed by atoms with E-state index in [1.54, 1.807) is 6.20 Å². The minimum absolute atomic E-state index is 0.0361. The van der Waals surface area contributed by atoms with E-state index in [2.05, 4.69) is 10.4 Å². The van der Waals surface area contributed by atoms with Crippen molar-refractivity contribution >= 4 is 11.6 Å². The van der Waals surface area contributed by atoms with Crippen molar-refractivity contribution in [2.45, 2.75) is 38.8 Å². The predicted molar refractivity (Wildman–Crippen MR) is 91.2 cm³/mol. The summed E-state index contributed by atoms with van der Waals surface area (Å²) in [6, 6.07) is 5.72. The third-order valence-corrected chi connectivity index (χ3v) is 4.53. The molecule has 1 amide bonds. The highest BCUT2D eigenvalue weighted by molar-refractivity contribution is 5.76. The molecule has 1 atom stereocenters. The van der Waals surface area contributed by atoms with Gasteiger partial charge in [-0.1, -0.05) is 0 Å². The Hall–Kier alpha value is -2.44. The number of likely N-dealkylation sites (tertiary alicyclic amines) is 1. The number of nitrogens with one attached hydrogen (secondary N) is 1. The van der Waals surface area contributed by atoms with Crippen molar-refractivity contribution in [1.82, 2.24) is 14.7 Å². The second kappa shape index (κ2) is 7.63. The third-order valence-electron chi connectivity index (χ3n) is 4.53. The molecule has 0 saturated carbocycles. The lowest BCUT2D eigenvalue weighted by Gasteiger charge is -2.34. The molecule has 1 aliphatic rings. The van der Waals surface area contributed by atoms with Crippen LogP contribution in [0.5, 0.6) is 0 Å². The summed E-state index contributed by atoms with van der Waals surface area (Å²) < 4.78 is 28.1. The fourth-order valence-corrected chi connectivity index (χ4v) is 3.14. The van der Waals surface area contributed by atoms with Crippen LogP contribution < -0.4 is 5.32 Å². The fourth-order valence-electron chi connectivity index (χ4n) is 3.14. The second-order valence-corrected chi connectivity index (χ2v) is 6.40. The lowest BCUT2D eigenvalue weighted by atomic mass is 10.0. The summed E-state index contributed by atoms with van der Waals surface area (Å²) in [5.41, 5.74) is 1.56. The van der Waals surface area contributed by atoms with E-state index < -0.39 is 11.6 Å². The molecule has 1 aromatic heterocycles. The number of amides is 1. The number of rotatable bonds is 5. The van der Waals surface area contributed by atoms with Crippen LogP contribution in [0.3, 0.4) is 0 Å². The van der Waals surface area contributed by atoms with Gasteiger partial charge in [-0.2, -0.15) is 5.10 Å². The monoisotopic (exact) mass is 348 g/mol. The smallest absolute Gasteiger partial charge is 0.224 e. The molecule has 7 heteroatoms. The maximum atomic E-state index is 13.3. The zero-order chi connectivity index (χ0) is 17.8. The molecule has 0 radical (unpaired) electrons. The molecule has 1 aromatic carbocycles. The number of anilines is 1. The van der Waals surface area contributed by atoms with Gasteiger partial charge in [0.2, 0.25) is 5.91 Å². The van der Waals surface area contributed by atoms with Crippen LogP contribution in [-0.4, -0.2) is 39.7 Å². The molecule has 0 spiro atoms.